The maximum Gasteiger partial charge on any atom is 0.335 e. The van der Waals surface area contributed by atoms with Crippen LogP contribution in [-0.2, 0) is 0 Å². The van der Waals surface area contributed by atoms with Gasteiger partial charge in [0.2, 0.25) is 0 Å². The smallest absolute Gasteiger partial charge is 0.335 e. The Hall–Kier alpha value is -2.23. The lowest BCUT2D eigenvalue weighted by Gasteiger charge is -2.11. The molecular formula is C11H7O4-. The van der Waals surface area contributed by atoms with Gasteiger partial charge in [-0.3, -0.25) is 0 Å². The number of aromatic hydroxyl groups is 1. The first kappa shape index (κ1) is 9.33. The van der Waals surface area contributed by atoms with E-state index in [1.165, 1.54) is 24.3 Å². The van der Waals surface area contributed by atoms with E-state index in [0.717, 1.165) is 0 Å². The second-order valence-electron chi connectivity index (χ2n) is 3.18. The van der Waals surface area contributed by atoms with Crippen molar-refractivity contribution in [3.8, 4) is 11.5 Å². The lowest BCUT2D eigenvalue weighted by Crippen LogP contribution is -2.03. The average molecular weight is 203 g/mol. The summed E-state index contributed by atoms with van der Waals surface area (Å²) in [6.45, 7) is 0. The number of carbonyl (C=O) groups is 1. The van der Waals surface area contributed by atoms with Crippen molar-refractivity contribution in [3.05, 3.63) is 35.9 Å². The van der Waals surface area contributed by atoms with E-state index in [1.807, 2.05) is 0 Å². The molecule has 2 N–H and O–H groups in total. The minimum absolute atomic E-state index is 0.0393. The predicted octanol–water partition coefficient (Wildman–Crippen LogP) is 1.32. The molecule has 0 unspecified atom stereocenters. The normalized spacial score (nSPS) is 10.4. The topological polar surface area (TPSA) is 80.6 Å². The van der Waals surface area contributed by atoms with Gasteiger partial charge < -0.3 is 15.3 Å². The Morgan fingerprint density at radius 2 is 1.87 bits per heavy atom. The zero-order chi connectivity index (χ0) is 11.0. The minimum atomic E-state index is -1.26. The molecule has 15 heavy (non-hydrogen) atoms. The molecule has 0 aliphatic carbocycles. The molecule has 0 aliphatic rings. The first-order valence-electron chi connectivity index (χ1n) is 4.25. The molecule has 0 saturated heterocycles. The molecule has 0 radical (unpaired) electrons. The molecule has 2 aromatic carbocycles. The van der Waals surface area contributed by atoms with Gasteiger partial charge in [0.05, 0.1) is 5.56 Å². The SMILES string of the molecule is O=C(O)c1cc2cc(O)ccc2cc1[O-]. The number of rotatable bonds is 1. The quantitative estimate of drug-likeness (QED) is 0.732. The molecule has 2 rings (SSSR count). The van der Waals surface area contributed by atoms with Gasteiger partial charge in [-0.05, 0) is 29.0 Å². The largest absolute Gasteiger partial charge is 0.872 e. The summed E-state index contributed by atoms with van der Waals surface area (Å²) in [5, 5.41) is 30.4. The van der Waals surface area contributed by atoms with E-state index >= 15 is 0 Å². The third-order valence-corrected chi connectivity index (χ3v) is 2.15. The van der Waals surface area contributed by atoms with Crippen LogP contribution in [0.3, 0.4) is 0 Å². The van der Waals surface area contributed by atoms with Crippen molar-refractivity contribution in [3.63, 3.8) is 0 Å². The van der Waals surface area contributed by atoms with Gasteiger partial charge in [0.1, 0.15) is 5.75 Å². The molecule has 0 spiro atoms. The van der Waals surface area contributed by atoms with Crippen LogP contribution in [0.1, 0.15) is 10.4 Å². The fourth-order valence-electron chi connectivity index (χ4n) is 1.43. The van der Waals surface area contributed by atoms with Gasteiger partial charge in [-0.15, -0.1) is 0 Å². The zero-order valence-corrected chi connectivity index (χ0v) is 7.60. The number of phenols is 1. The van der Waals surface area contributed by atoms with Crippen LogP contribution in [0.5, 0.6) is 11.5 Å². The second kappa shape index (κ2) is 3.16. The van der Waals surface area contributed by atoms with Crippen molar-refractivity contribution in [2.75, 3.05) is 0 Å². The van der Waals surface area contributed by atoms with Crippen molar-refractivity contribution >= 4 is 16.7 Å². The van der Waals surface area contributed by atoms with Crippen LogP contribution in [0.25, 0.3) is 10.8 Å². The highest BCUT2D eigenvalue weighted by molar-refractivity contribution is 5.97. The summed E-state index contributed by atoms with van der Waals surface area (Å²) in [4.78, 5) is 10.7. The fraction of sp³-hybridized carbons (Fsp3) is 0. The molecule has 0 heterocycles. The second-order valence-corrected chi connectivity index (χ2v) is 3.18. The Labute approximate surface area is 85.0 Å². The van der Waals surface area contributed by atoms with Crippen molar-refractivity contribution in [1.82, 2.24) is 0 Å². The van der Waals surface area contributed by atoms with Crippen LogP contribution < -0.4 is 5.11 Å². The summed E-state index contributed by atoms with van der Waals surface area (Å²) in [5.41, 5.74) is -0.284. The summed E-state index contributed by atoms with van der Waals surface area (Å²) in [5.74, 6) is -1.75. The molecule has 76 valence electrons. The zero-order valence-electron chi connectivity index (χ0n) is 7.60. The van der Waals surface area contributed by atoms with Crippen LogP contribution in [0, 0.1) is 0 Å². The van der Waals surface area contributed by atoms with E-state index in [-0.39, 0.29) is 11.3 Å². The maximum atomic E-state index is 11.3. The molecule has 4 heteroatoms. The van der Waals surface area contributed by atoms with E-state index in [4.69, 9.17) is 5.11 Å². The Balaban J connectivity index is 2.77. The number of phenolic OH excluding ortho intramolecular Hbond substituents is 1. The molecule has 0 amide bonds. The van der Waals surface area contributed by atoms with Gasteiger partial charge in [-0.2, -0.15) is 0 Å². The highest BCUT2D eigenvalue weighted by Gasteiger charge is 2.05. The first-order valence-corrected chi connectivity index (χ1v) is 4.25. The molecular weight excluding hydrogens is 196 g/mol. The minimum Gasteiger partial charge on any atom is -0.872 e. The number of fused-ring (bicyclic) bond motifs is 1. The molecule has 0 atom stereocenters. The molecule has 0 fully saturated rings. The van der Waals surface area contributed by atoms with Crippen molar-refractivity contribution in [2.24, 2.45) is 0 Å². The van der Waals surface area contributed by atoms with Crippen LogP contribution in [0.4, 0.5) is 0 Å². The first-order chi connectivity index (χ1) is 7.08. The average Bonchev–Trinajstić information content (AvgIpc) is 2.17. The highest BCUT2D eigenvalue weighted by Crippen LogP contribution is 2.25. The summed E-state index contributed by atoms with van der Waals surface area (Å²) in [6.07, 6.45) is 0. The summed E-state index contributed by atoms with van der Waals surface area (Å²) < 4.78 is 0. The number of carboxylic acids is 1. The third-order valence-electron chi connectivity index (χ3n) is 2.15. The Bertz CT molecular complexity index is 546. The van der Waals surface area contributed by atoms with Crippen molar-refractivity contribution in [2.45, 2.75) is 0 Å². The summed E-state index contributed by atoms with van der Waals surface area (Å²) in [7, 11) is 0. The molecule has 0 aromatic heterocycles. The maximum absolute atomic E-state index is 11.3. The fourth-order valence-corrected chi connectivity index (χ4v) is 1.43. The third kappa shape index (κ3) is 1.57. The molecule has 0 saturated carbocycles. The molecule has 2 aromatic rings. The highest BCUT2D eigenvalue weighted by atomic mass is 16.4. The van der Waals surface area contributed by atoms with Gasteiger partial charge >= 0.3 is 5.97 Å². The van der Waals surface area contributed by atoms with Gasteiger partial charge in [-0.25, -0.2) is 4.79 Å². The molecule has 0 bridgehead atoms. The lowest BCUT2D eigenvalue weighted by atomic mass is 10.1. The standard InChI is InChI=1S/C11H8O4/c12-8-2-1-6-5-10(13)9(11(14)15)4-7(6)3-8/h1-5,12-13H,(H,14,15)/p-1. The predicted molar refractivity (Wildman–Crippen MR) is 52.0 cm³/mol. The number of carboxylic acid groups (broad SMARTS) is 1. The summed E-state index contributed by atoms with van der Waals surface area (Å²) >= 11 is 0. The van der Waals surface area contributed by atoms with Crippen molar-refractivity contribution < 1.29 is 20.1 Å². The monoisotopic (exact) mass is 203 g/mol. The number of aromatic carboxylic acids is 1. The summed E-state index contributed by atoms with van der Waals surface area (Å²) in [6, 6.07) is 6.94. The van der Waals surface area contributed by atoms with Crippen LogP contribution in [0.15, 0.2) is 30.3 Å². The van der Waals surface area contributed by atoms with E-state index < -0.39 is 11.7 Å². The Morgan fingerprint density at radius 3 is 2.53 bits per heavy atom. The molecule has 4 nitrogen and oxygen atoms in total. The van der Waals surface area contributed by atoms with E-state index in [2.05, 4.69) is 0 Å². The van der Waals surface area contributed by atoms with Gasteiger partial charge in [0.25, 0.3) is 0 Å². The Kier molecular flexibility index (Phi) is 1.97. The van der Waals surface area contributed by atoms with E-state index in [0.29, 0.717) is 10.8 Å². The van der Waals surface area contributed by atoms with Crippen LogP contribution in [0.2, 0.25) is 0 Å². The van der Waals surface area contributed by atoms with Gasteiger partial charge in [-0.1, -0.05) is 17.9 Å². The van der Waals surface area contributed by atoms with Crippen molar-refractivity contribution in [1.29, 1.82) is 0 Å². The lowest BCUT2D eigenvalue weighted by molar-refractivity contribution is -0.268. The number of benzene rings is 2. The van der Waals surface area contributed by atoms with Gasteiger partial charge in [0.15, 0.2) is 0 Å². The van der Waals surface area contributed by atoms with Crippen LogP contribution in [-0.4, -0.2) is 16.2 Å². The van der Waals surface area contributed by atoms with E-state index in [1.54, 1.807) is 6.07 Å². The van der Waals surface area contributed by atoms with E-state index in [9.17, 15) is 15.0 Å². The van der Waals surface area contributed by atoms with Crippen LogP contribution >= 0.6 is 0 Å². The number of hydrogen-bond acceptors (Lipinski definition) is 3. The molecule has 0 aliphatic heterocycles. The van der Waals surface area contributed by atoms with Gasteiger partial charge in [0, 0.05) is 0 Å². The Morgan fingerprint density at radius 1 is 1.13 bits per heavy atom. The number of hydrogen-bond donors (Lipinski definition) is 2.